The summed E-state index contributed by atoms with van der Waals surface area (Å²) in [5, 5.41) is 7.22. The molecule has 0 spiro atoms. The maximum absolute atomic E-state index is 12.6. The second-order valence-corrected chi connectivity index (χ2v) is 6.83. The van der Waals surface area contributed by atoms with Gasteiger partial charge in [0.15, 0.2) is 6.61 Å². The smallest absolute Gasteiger partial charge is 0.470 e. The molecule has 1 atom stereocenters. The number of nitrogens with zero attached hydrogens (tertiary/aromatic N) is 3. The first kappa shape index (κ1) is 19.8. The first-order valence-corrected chi connectivity index (χ1v) is 8.76. The zero-order chi connectivity index (χ0) is 19.6. The zero-order valence-electron chi connectivity index (χ0n) is 13.8. The van der Waals surface area contributed by atoms with Crippen LogP contribution < -0.4 is 4.74 Å². The fourth-order valence-corrected chi connectivity index (χ4v) is 3.21. The summed E-state index contributed by atoms with van der Waals surface area (Å²) in [6, 6.07) is 4.62. The first-order chi connectivity index (χ1) is 12.7. The minimum atomic E-state index is -4.69. The maximum Gasteiger partial charge on any atom is 0.470 e. The Morgan fingerprint density at radius 3 is 2.78 bits per heavy atom. The Balaban J connectivity index is 1.60. The Kier molecular flexibility index (Phi) is 5.81. The van der Waals surface area contributed by atoms with Gasteiger partial charge in [0.05, 0.1) is 10.9 Å². The van der Waals surface area contributed by atoms with Crippen molar-refractivity contribution in [3.05, 3.63) is 40.0 Å². The van der Waals surface area contributed by atoms with Crippen molar-refractivity contribution in [3.63, 3.8) is 0 Å². The normalized spacial score (nSPS) is 17.8. The van der Waals surface area contributed by atoms with Crippen LogP contribution in [0.4, 0.5) is 13.2 Å². The summed E-state index contributed by atoms with van der Waals surface area (Å²) in [7, 11) is 0. The lowest BCUT2D eigenvalue weighted by atomic mass is 9.98. The highest BCUT2D eigenvalue weighted by Gasteiger charge is 2.39. The van der Waals surface area contributed by atoms with E-state index in [4.69, 9.17) is 32.4 Å². The second-order valence-electron chi connectivity index (χ2n) is 5.99. The van der Waals surface area contributed by atoms with E-state index < -0.39 is 18.0 Å². The molecule has 2 heterocycles. The van der Waals surface area contributed by atoms with Crippen LogP contribution in [0.15, 0.2) is 22.6 Å². The molecule has 0 radical (unpaired) electrons. The van der Waals surface area contributed by atoms with Gasteiger partial charge in [-0.25, -0.2) is 0 Å². The van der Waals surface area contributed by atoms with Gasteiger partial charge in [-0.2, -0.15) is 13.2 Å². The molecule has 27 heavy (non-hydrogen) atoms. The molecule has 0 aliphatic carbocycles. The van der Waals surface area contributed by atoms with Crippen molar-refractivity contribution >= 4 is 29.1 Å². The summed E-state index contributed by atoms with van der Waals surface area (Å²) in [6.07, 6.45) is -3.55. The molecule has 11 heteroatoms. The molecule has 6 nitrogen and oxygen atoms in total. The van der Waals surface area contributed by atoms with Gasteiger partial charge in [-0.1, -0.05) is 23.2 Å². The molecule has 1 amide bonds. The van der Waals surface area contributed by atoms with Crippen LogP contribution in [0, 0.1) is 0 Å². The number of aromatic nitrogens is 2. The van der Waals surface area contributed by atoms with Crippen LogP contribution in [0.25, 0.3) is 0 Å². The molecule has 1 saturated heterocycles. The van der Waals surface area contributed by atoms with Crippen LogP contribution in [0.2, 0.25) is 10.0 Å². The molecular weight excluding hydrogens is 410 g/mol. The summed E-state index contributed by atoms with van der Waals surface area (Å²) in [5.74, 6) is -1.97. The van der Waals surface area contributed by atoms with E-state index in [0.29, 0.717) is 30.2 Å². The number of alkyl halides is 3. The summed E-state index contributed by atoms with van der Waals surface area (Å²) >= 11 is 11.8. The van der Waals surface area contributed by atoms with E-state index >= 15 is 0 Å². The molecule has 1 unspecified atom stereocenters. The molecule has 146 valence electrons. The second kappa shape index (κ2) is 7.93. The Morgan fingerprint density at radius 1 is 1.33 bits per heavy atom. The predicted molar refractivity (Wildman–Crippen MR) is 89.8 cm³/mol. The van der Waals surface area contributed by atoms with E-state index in [1.807, 2.05) is 0 Å². The molecule has 1 aliphatic heterocycles. The molecule has 1 aromatic heterocycles. The summed E-state index contributed by atoms with van der Waals surface area (Å²) < 4.78 is 47.9. The number of piperidine rings is 1. The van der Waals surface area contributed by atoms with Gasteiger partial charge in [0.25, 0.3) is 5.91 Å². The van der Waals surface area contributed by atoms with Crippen molar-refractivity contribution < 1.29 is 27.1 Å². The summed E-state index contributed by atoms with van der Waals surface area (Å²) in [4.78, 5) is 13.9. The van der Waals surface area contributed by atoms with Gasteiger partial charge in [0.1, 0.15) is 5.75 Å². The van der Waals surface area contributed by atoms with Crippen LogP contribution in [-0.4, -0.2) is 40.7 Å². The third kappa shape index (κ3) is 4.84. The van der Waals surface area contributed by atoms with Crippen LogP contribution in [-0.2, 0) is 11.0 Å². The van der Waals surface area contributed by atoms with Crippen molar-refractivity contribution in [1.82, 2.24) is 15.1 Å². The Hall–Kier alpha value is -2.00. The van der Waals surface area contributed by atoms with E-state index in [1.54, 1.807) is 12.1 Å². The first-order valence-electron chi connectivity index (χ1n) is 8.00. The average molecular weight is 424 g/mol. The highest BCUT2D eigenvalue weighted by atomic mass is 35.5. The lowest BCUT2D eigenvalue weighted by Crippen LogP contribution is -2.41. The lowest BCUT2D eigenvalue weighted by molar-refractivity contribution is -0.157. The fraction of sp³-hybridized carbons (Fsp3) is 0.438. The van der Waals surface area contributed by atoms with E-state index in [9.17, 15) is 18.0 Å². The Labute approximate surface area is 162 Å². The molecular formula is C16H14Cl2F3N3O3. The minimum absolute atomic E-state index is 0.124. The summed E-state index contributed by atoms with van der Waals surface area (Å²) in [6.45, 7) is 0.384. The quantitative estimate of drug-likeness (QED) is 0.737. The number of amides is 1. The maximum atomic E-state index is 12.6. The third-order valence-corrected chi connectivity index (χ3v) is 4.58. The zero-order valence-corrected chi connectivity index (χ0v) is 15.3. The fourth-order valence-electron chi connectivity index (χ4n) is 2.74. The van der Waals surface area contributed by atoms with Gasteiger partial charge >= 0.3 is 12.1 Å². The number of benzene rings is 1. The minimum Gasteiger partial charge on any atom is -0.482 e. The van der Waals surface area contributed by atoms with Gasteiger partial charge in [0.2, 0.25) is 5.89 Å². The van der Waals surface area contributed by atoms with E-state index in [2.05, 4.69) is 10.2 Å². The number of hydrogen-bond donors (Lipinski definition) is 0. The van der Waals surface area contributed by atoms with Crippen LogP contribution in [0.1, 0.15) is 30.5 Å². The number of likely N-dealkylation sites (tertiary alicyclic amines) is 1. The number of rotatable bonds is 4. The van der Waals surface area contributed by atoms with E-state index in [0.717, 1.165) is 0 Å². The van der Waals surface area contributed by atoms with Crippen molar-refractivity contribution in [3.8, 4) is 5.75 Å². The largest absolute Gasteiger partial charge is 0.482 e. The highest BCUT2D eigenvalue weighted by molar-refractivity contribution is 6.35. The number of carbonyl (C=O) groups excluding carboxylic acids is 1. The van der Waals surface area contributed by atoms with Gasteiger partial charge in [-0.05, 0) is 31.0 Å². The molecule has 0 bridgehead atoms. The molecule has 1 aromatic carbocycles. The molecule has 1 fully saturated rings. The molecule has 0 N–H and O–H groups in total. The van der Waals surface area contributed by atoms with Crippen molar-refractivity contribution in [1.29, 1.82) is 0 Å². The third-order valence-electron chi connectivity index (χ3n) is 4.05. The van der Waals surface area contributed by atoms with Gasteiger partial charge in [0, 0.05) is 18.1 Å². The van der Waals surface area contributed by atoms with Crippen LogP contribution in [0.3, 0.4) is 0 Å². The highest BCUT2D eigenvalue weighted by Crippen LogP contribution is 2.32. The standard InChI is InChI=1S/C16H14Cl2F3N3O3/c17-10-3-4-12(11(18)6-10)26-8-13(25)24-5-1-2-9(7-24)14-22-23-15(27-14)16(19,20)21/h3-4,6,9H,1-2,5,7-8H2. The molecule has 3 rings (SSSR count). The Bertz CT molecular complexity index is 829. The molecule has 0 saturated carbocycles. The van der Waals surface area contributed by atoms with E-state index in [1.165, 1.54) is 11.0 Å². The van der Waals surface area contributed by atoms with Gasteiger partial charge < -0.3 is 14.1 Å². The van der Waals surface area contributed by atoms with Crippen molar-refractivity contribution in [2.45, 2.75) is 24.9 Å². The number of ether oxygens (including phenoxy) is 1. The number of halogens is 5. The van der Waals surface area contributed by atoms with Crippen LogP contribution in [0.5, 0.6) is 5.75 Å². The van der Waals surface area contributed by atoms with E-state index in [-0.39, 0.29) is 30.0 Å². The SMILES string of the molecule is O=C(COc1ccc(Cl)cc1Cl)N1CCCC(c2nnc(C(F)(F)F)o2)C1. The van der Waals surface area contributed by atoms with Gasteiger partial charge in [-0.15, -0.1) is 10.2 Å². The Morgan fingerprint density at radius 2 is 2.11 bits per heavy atom. The topological polar surface area (TPSA) is 68.5 Å². The number of hydrogen-bond acceptors (Lipinski definition) is 5. The molecule has 1 aliphatic rings. The van der Waals surface area contributed by atoms with Crippen molar-refractivity contribution in [2.75, 3.05) is 19.7 Å². The molecule has 2 aromatic rings. The van der Waals surface area contributed by atoms with Crippen LogP contribution >= 0.6 is 23.2 Å². The predicted octanol–water partition coefficient (Wildman–Crippen LogP) is 4.18. The summed E-state index contributed by atoms with van der Waals surface area (Å²) in [5.41, 5.74) is 0. The lowest BCUT2D eigenvalue weighted by Gasteiger charge is -2.31. The van der Waals surface area contributed by atoms with Crippen molar-refractivity contribution in [2.24, 2.45) is 0 Å². The number of carbonyl (C=O) groups is 1. The monoisotopic (exact) mass is 423 g/mol. The average Bonchev–Trinajstić information content (AvgIpc) is 3.11. The van der Waals surface area contributed by atoms with Gasteiger partial charge in [-0.3, -0.25) is 4.79 Å².